The van der Waals surface area contributed by atoms with E-state index in [-0.39, 0.29) is 6.10 Å². The van der Waals surface area contributed by atoms with E-state index in [0.717, 1.165) is 0 Å². The van der Waals surface area contributed by atoms with E-state index in [1.54, 1.807) is 18.2 Å². The molecular weight excluding hydrogens is 239 g/mol. The van der Waals surface area contributed by atoms with Gasteiger partial charge in [-0.1, -0.05) is 23.2 Å². The van der Waals surface area contributed by atoms with Crippen LogP contribution in [0.15, 0.2) is 18.2 Å². The highest BCUT2D eigenvalue weighted by atomic mass is 35.5. The van der Waals surface area contributed by atoms with Crippen molar-refractivity contribution in [2.75, 3.05) is 13.2 Å². The molecule has 1 aliphatic heterocycles. The Hall–Kier alpha value is -0.480. The van der Waals surface area contributed by atoms with Crippen LogP contribution in [-0.2, 0) is 4.74 Å². The largest absolute Gasteiger partial charge is 0.484 e. The van der Waals surface area contributed by atoms with Crippen LogP contribution in [0.2, 0.25) is 10.0 Å². The summed E-state index contributed by atoms with van der Waals surface area (Å²) in [5.74, 6) is 0.510. The summed E-state index contributed by atoms with van der Waals surface area (Å²) in [7, 11) is 0. The van der Waals surface area contributed by atoms with Gasteiger partial charge in [0.25, 0.3) is 0 Å². The van der Waals surface area contributed by atoms with E-state index in [0.29, 0.717) is 29.0 Å². The molecule has 1 aromatic carbocycles. The third kappa shape index (κ3) is 2.55. The Kier molecular flexibility index (Phi) is 3.36. The molecule has 1 heterocycles. The molecule has 0 amide bonds. The van der Waals surface area contributed by atoms with Crippen LogP contribution in [0, 0.1) is 0 Å². The first kappa shape index (κ1) is 11.0. The Balaban J connectivity index is 2.10. The first-order valence-electron chi connectivity index (χ1n) is 4.54. The van der Waals surface area contributed by atoms with E-state index in [9.17, 15) is 5.11 Å². The van der Waals surface area contributed by atoms with Crippen LogP contribution < -0.4 is 4.74 Å². The van der Waals surface area contributed by atoms with Crippen LogP contribution in [0.5, 0.6) is 5.75 Å². The van der Waals surface area contributed by atoms with Crippen molar-refractivity contribution < 1.29 is 14.6 Å². The molecule has 0 aromatic heterocycles. The van der Waals surface area contributed by atoms with E-state index in [2.05, 4.69) is 0 Å². The summed E-state index contributed by atoms with van der Waals surface area (Å²) in [5.41, 5.74) is 0. The minimum Gasteiger partial charge on any atom is -0.484 e. The summed E-state index contributed by atoms with van der Waals surface area (Å²) in [6.45, 7) is 0.677. The lowest BCUT2D eigenvalue weighted by atomic mass is 10.2. The minimum absolute atomic E-state index is 0.301. The van der Waals surface area contributed by atoms with Gasteiger partial charge in [0.05, 0.1) is 18.2 Å². The number of aliphatic hydroxyl groups excluding tert-OH is 1. The lowest BCUT2D eigenvalue weighted by Crippen LogP contribution is -2.29. The van der Waals surface area contributed by atoms with Gasteiger partial charge >= 0.3 is 0 Å². The average Bonchev–Trinajstić information content (AvgIpc) is 2.57. The SMILES string of the molecule is O[C@@H]1COC[C@H]1Oc1ccc(Cl)cc1Cl. The Morgan fingerprint density at radius 3 is 2.73 bits per heavy atom. The normalized spacial score (nSPS) is 25.5. The molecule has 1 saturated heterocycles. The molecule has 2 atom stereocenters. The first-order valence-corrected chi connectivity index (χ1v) is 5.30. The molecule has 1 fully saturated rings. The zero-order chi connectivity index (χ0) is 10.8. The van der Waals surface area contributed by atoms with E-state index >= 15 is 0 Å². The third-order valence-electron chi connectivity index (χ3n) is 2.17. The second-order valence-corrected chi connectivity index (χ2v) is 4.18. The summed E-state index contributed by atoms with van der Waals surface area (Å²) in [4.78, 5) is 0. The number of rotatable bonds is 2. The van der Waals surface area contributed by atoms with Gasteiger partial charge in [0.1, 0.15) is 18.0 Å². The Morgan fingerprint density at radius 2 is 2.13 bits per heavy atom. The van der Waals surface area contributed by atoms with Crippen LogP contribution in [0.25, 0.3) is 0 Å². The number of benzene rings is 1. The van der Waals surface area contributed by atoms with Gasteiger partial charge < -0.3 is 14.6 Å². The van der Waals surface area contributed by atoms with E-state index < -0.39 is 6.10 Å². The standard InChI is InChI=1S/C10H10Cl2O3/c11-6-1-2-9(7(12)3-6)15-10-5-14-4-8(10)13/h1-3,8,10,13H,4-5H2/t8-,10-/m1/s1. The Labute approximate surface area is 97.5 Å². The van der Waals surface area contributed by atoms with Gasteiger partial charge in [-0.15, -0.1) is 0 Å². The van der Waals surface area contributed by atoms with Crippen LogP contribution in [-0.4, -0.2) is 30.5 Å². The molecule has 0 bridgehead atoms. The van der Waals surface area contributed by atoms with Crippen LogP contribution in [0.3, 0.4) is 0 Å². The van der Waals surface area contributed by atoms with Crippen LogP contribution >= 0.6 is 23.2 Å². The van der Waals surface area contributed by atoms with Crippen molar-refractivity contribution in [3.05, 3.63) is 28.2 Å². The first-order chi connectivity index (χ1) is 7.16. The summed E-state index contributed by atoms with van der Waals surface area (Å²) in [6, 6.07) is 4.96. The topological polar surface area (TPSA) is 38.7 Å². The predicted octanol–water partition coefficient (Wildman–Crippen LogP) is 2.13. The second kappa shape index (κ2) is 4.58. The maximum Gasteiger partial charge on any atom is 0.150 e. The zero-order valence-electron chi connectivity index (χ0n) is 7.82. The number of ether oxygens (including phenoxy) is 2. The Morgan fingerprint density at radius 1 is 1.33 bits per heavy atom. The molecule has 0 saturated carbocycles. The van der Waals surface area contributed by atoms with Gasteiger partial charge in [0.15, 0.2) is 0 Å². The summed E-state index contributed by atoms with van der Waals surface area (Å²) in [5, 5.41) is 10.5. The van der Waals surface area contributed by atoms with Gasteiger partial charge in [0, 0.05) is 5.02 Å². The number of hydrogen-bond donors (Lipinski definition) is 1. The van der Waals surface area contributed by atoms with Gasteiger partial charge in [-0.2, -0.15) is 0 Å². The van der Waals surface area contributed by atoms with Crippen molar-refractivity contribution in [2.24, 2.45) is 0 Å². The highest BCUT2D eigenvalue weighted by Crippen LogP contribution is 2.29. The van der Waals surface area contributed by atoms with E-state index in [4.69, 9.17) is 32.7 Å². The molecule has 0 unspecified atom stereocenters. The monoisotopic (exact) mass is 248 g/mol. The van der Waals surface area contributed by atoms with Crippen molar-refractivity contribution in [3.63, 3.8) is 0 Å². The van der Waals surface area contributed by atoms with Crippen LogP contribution in [0.4, 0.5) is 0 Å². The quantitative estimate of drug-likeness (QED) is 0.872. The van der Waals surface area contributed by atoms with Gasteiger partial charge in [-0.05, 0) is 18.2 Å². The molecular formula is C10H10Cl2O3. The predicted molar refractivity (Wildman–Crippen MR) is 57.7 cm³/mol. The lowest BCUT2D eigenvalue weighted by Gasteiger charge is -2.16. The molecule has 15 heavy (non-hydrogen) atoms. The highest BCUT2D eigenvalue weighted by Gasteiger charge is 2.28. The molecule has 5 heteroatoms. The fourth-order valence-electron chi connectivity index (χ4n) is 1.37. The smallest absolute Gasteiger partial charge is 0.150 e. The molecule has 0 radical (unpaired) electrons. The fourth-order valence-corrected chi connectivity index (χ4v) is 1.82. The van der Waals surface area contributed by atoms with E-state index in [1.807, 2.05) is 0 Å². The lowest BCUT2D eigenvalue weighted by molar-refractivity contribution is 0.0734. The zero-order valence-corrected chi connectivity index (χ0v) is 9.33. The van der Waals surface area contributed by atoms with Gasteiger partial charge in [0.2, 0.25) is 0 Å². The molecule has 1 N–H and O–H groups in total. The van der Waals surface area contributed by atoms with E-state index in [1.165, 1.54) is 0 Å². The maximum atomic E-state index is 9.48. The van der Waals surface area contributed by atoms with Crippen molar-refractivity contribution in [1.82, 2.24) is 0 Å². The second-order valence-electron chi connectivity index (χ2n) is 3.34. The maximum absolute atomic E-state index is 9.48. The highest BCUT2D eigenvalue weighted by molar-refractivity contribution is 6.35. The minimum atomic E-state index is -0.600. The molecule has 0 spiro atoms. The van der Waals surface area contributed by atoms with Crippen LogP contribution in [0.1, 0.15) is 0 Å². The summed E-state index contributed by atoms with van der Waals surface area (Å²) < 4.78 is 10.6. The van der Waals surface area contributed by atoms with Crippen molar-refractivity contribution in [1.29, 1.82) is 0 Å². The summed E-state index contributed by atoms with van der Waals surface area (Å²) >= 11 is 11.7. The molecule has 82 valence electrons. The number of aliphatic hydroxyl groups is 1. The van der Waals surface area contributed by atoms with Gasteiger partial charge in [-0.3, -0.25) is 0 Å². The number of hydrogen-bond acceptors (Lipinski definition) is 3. The van der Waals surface area contributed by atoms with Crippen molar-refractivity contribution in [3.8, 4) is 5.75 Å². The fraction of sp³-hybridized carbons (Fsp3) is 0.400. The molecule has 1 aliphatic rings. The summed E-state index contributed by atoms with van der Waals surface area (Å²) in [6.07, 6.45) is -0.958. The molecule has 0 aliphatic carbocycles. The van der Waals surface area contributed by atoms with Crippen molar-refractivity contribution in [2.45, 2.75) is 12.2 Å². The van der Waals surface area contributed by atoms with Gasteiger partial charge in [-0.25, -0.2) is 0 Å². The molecule has 2 rings (SSSR count). The van der Waals surface area contributed by atoms with Crippen molar-refractivity contribution >= 4 is 23.2 Å². The third-order valence-corrected chi connectivity index (χ3v) is 2.70. The number of halogens is 2. The average molecular weight is 249 g/mol. The molecule has 1 aromatic rings. The molecule has 3 nitrogen and oxygen atoms in total. The Bertz CT molecular complexity index is 357.